The predicted molar refractivity (Wildman–Crippen MR) is 153 cm³/mol. The quantitative estimate of drug-likeness (QED) is 0.176. The van der Waals surface area contributed by atoms with E-state index < -0.39 is 0 Å². The minimum Gasteiger partial charge on any atom is -0.501 e. The average molecular weight is 675 g/mol. The molecule has 0 saturated heterocycles. The van der Waals surface area contributed by atoms with Gasteiger partial charge in [-0.15, -0.1) is 54.1 Å². The first-order valence-corrected chi connectivity index (χ1v) is 12.6. The van der Waals surface area contributed by atoms with Crippen LogP contribution in [0.3, 0.4) is 0 Å². The van der Waals surface area contributed by atoms with Crippen molar-refractivity contribution in [2.75, 3.05) is 0 Å². The summed E-state index contributed by atoms with van der Waals surface area (Å²) in [5, 5.41) is 2.25. The van der Waals surface area contributed by atoms with Crippen LogP contribution in [0.25, 0.3) is 44.5 Å². The Kier molecular flexibility index (Phi) is 8.56. The number of hydrogen-bond donors (Lipinski definition) is 0. The Bertz CT molecular complexity index is 1690. The number of fused-ring (bicyclic) bond motifs is 3. The maximum Gasteiger partial charge on any atom is 0.120 e. The van der Waals surface area contributed by atoms with Crippen molar-refractivity contribution in [1.29, 1.82) is 0 Å². The summed E-state index contributed by atoms with van der Waals surface area (Å²) in [5.41, 5.74) is 10.7. The molecule has 0 atom stereocenters. The first-order chi connectivity index (χ1) is 17.9. The van der Waals surface area contributed by atoms with Crippen molar-refractivity contribution in [3.63, 3.8) is 0 Å². The fourth-order valence-corrected chi connectivity index (χ4v) is 4.50. The number of aryl methyl sites for hydroxylation is 3. The Labute approximate surface area is 238 Å². The van der Waals surface area contributed by atoms with Gasteiger partial charge in [0, 0.05) is 37.9 Å². The third-order valence-electron chi connectivity index (χ3n) is 6.72. The van der Waals surface area contributed by atoms with Gasteiger partial charge in [-0.3, -0.25) is 0 Å². The monoisotopic (exact) mass is 675 g/mol. The number of nitrogens with zero attached hydrogens (tertiary/aromatic N) is 2. The number of rotatable bonds is 3. The summed E-state index contributed by atoms with van der Waals surface area (Å²) in [6, 6.07) is 30.8. The largest absolute Gasteiger partial charge is 0.501 e. The van der Waals surface area contributed by atoms with Crippen molar-refractivity contribution < 1.29 is 24.5 Å². The topological polar surface area (TPSA) is 38.9 Å². The zero-order chi connectivity index (χ0) is 25.9. The number of pyridine rings is 2. The molecule has 0 aliphatic heterocycles. The van der Waals surface area contributed by atoms with Gasteiger partial charge in [-0.2, -0.15) is 0 Å². The molecule has 0 aliphatic carbocycles. The van der Waals surface area contributed by atoms with E-state index in [2.05, 4.69) is 81.0 Å². The second kappa shape index (κ2) is 11.9. The zero-order valence-electron chi connectivity index (χ0n) is 22.3. The molecule has 3 aromatic heterocycles. The van der Waals surface area contributed by atoms with E-state index in [1.165, 1.54) is 22.3 Å². The molecule has 3 nitrogen and oxygen atoms in total. The van der Waals surface area contributed by atoms with Crippen LogP contribution in [-0.2, 0) is 20.1 Å². The maximum absolute atomic E-state index is 6.10. The van der Waals surface area contributed by atoms with Gasteiger partial charge in [0.1, 0.15) is 5.58 Å². The van der Waals surface area contributed by atoms with Gasteiger partial charge >= 0.3 is 0 Å². The summed E-state index contributed by atoms with van der Waals surface area (Å²) in [6.07, 6.45) is 3.85. The van der Waals surface area contributed by atoms with Gasteiger partial charge in [-0.05, 0) is 60.8 Å². The van der Waals surface area contributed by atoms with E-state index in [0.29, 0.717) is 5.92 Å². The van der Waals surface area contributed by atoms with Crippen LogP contribution >= 0.6 is 0 Å². The number of hydrogen-bond acceptors (Lipinski definition) is 3. The summed E-state index contributed by atoms with van der Waals surface area (Å²) < 4.78 is 6.10. The van der Waals surface area contributed by atoms with E-state index in [4.69, 9.17) is 4.42 Å². The first-order valence-electron chi connectivity index (χ1n) is 12.6. The minimum absolute atomic E-state index is 0. The van der Waals surface area contributed by atoms with Crippen molar-refractivity contribution in [3.05, 3.63) is 120 Å². The molecule has 38 heavy (non-hydrogen) atoms. The maximum atomic E-state index is 6.10. The molecule has 0 bridgehead atoms. The second-order valence-electron chi connectivity index (χ2n) is 9.70. The Morgan fingerprint density at radius 3 is 2.18 bits per heavy atom. The third kappa shape index (κ3) is 5.62. The molecule has 0 amide bonds. The van der Waals surface area contributed by atoms with E-state index in [1.807, 2.05) is 60.9 Å². The Hall–Kier alpha value is -3.59. The van der Waals surface area contributed by atoms with E-state index in [9.17, 15) is 0 Å². The minimum atomic E-state index is 0. The number of furan rings is 1. The Morgan fingerprint density at radius 1 is 0.711 bits per heavy atom. The Morgan fingerprint density at radius 2 is 1.45 bits per heavy atom. The van der Waals surface area contributed by atoms with Gasteiger partial charge in [0.15, 0.2) is 0 Å². The fourth-order valence-electron chi connectivity index (χ4n) is 4.50. The van der Waals surface area contributed by atoms with Gasteiger partial charge < -0.3 is 14.4 Å². The molecule has 6 aromatic rings. The van der Waals surface area contributed by atoms with Gasteiger partial charge in [0.25, 0.3) is 0 Å². The molecule has 193 valence electrons. The summed E-state index contributed by atoms with van der Waals surface area (Å²) in [7, 11) is 0. The molecule has 6 rings (SSSR count). The number of para-hydroxylation sites is 1. The predicted octanol–water partition coefficient (Wildman–Crippen LogP) is 9.04. The van der Waals surface area contributed by atoms with E-state index >= 15 is 0 Å². The number of benzene rings is 3. The smallest absolute Gasteiger partial charge is 0.120 e. The molecule has 3 aromatic carbocycles. The summed E-state index contributed by atoms with van der Waals surface area (Å²) >= 11 is 0. The molecule has 0 aliphatic rings. The molecule has 0 spiro atoms. The average Bonchev–Trinajstić information content (AvgIpc) is 3.30. The van der Waals surface area contributed by atoms with Crippen LogP contribution in [0.1, 0.15) is 42.0 Å². The molecule has 0 unspecified atom stereocenters. The molecule has 4 heteroatoms. The molecule has 0 N–H and O–H groups in total. The van der Waals surface area contributed by atoms with Crippen LogP contribution in [-0.4, -0.2) is 9.97 Å². The molecule has 0 fully saturated rings. The molecule has 1 radical (unpaired) electrons. The second-order valence-corrected chi connectivity index (χ2v) is 9.70. The molecule has 3 heterocycles. The van der Waals surface area contributed by atoms with Crippen LogP contribution < -0.4 is 0 Å². The van der Waals surface area contributed by atoms with E-state index in [0.717, 1.165) is 44.5 Å². The molecule has 0 saturated carbocycles. The van der Waals surface area contributed by atoms with Crippen LogP contribution in [0.2, 0.25) is 0 Å². The summed E-state index contributed by atoms with van der Waals surface area (Å²) in [4.78, 5) is 9.00. The summed E-state index contributed by atoms with van der Waals surface area (Å²) in [6.45, 7) is 10.7. The van der Waals surface area contributed by atoms with Gasteiger partial charge in [-0.1, -0.05) is 60.7 Å². The van der Waals surface area contributed by atoms with Crippen molar-refractivity contribution in [2.24, 2.45) is 0 Å². The van der Waals surface area contributed by atoms with Crippen LogP contribution in [0.5, 0.6) is 0 Å². The van der Waals surface area contributed by atoms with E-state index in [-0.39, 0.29) is 20.1 Å². The van der Waals surface area contributed by atoms with Crippen molar-refractivity contribution in [2.45, 2.75) is 40.5 Å². The van der Waals surface area contributed by atoms with Crippen molar-refractivity contribution in [3.8, 4) is 22.5 Å². The van der Waals surface area contributed by atoms with E-state index in [1.54, 1.807) is 0 Å². The SMILES string of the molecule is Cc1cnc(-c2[c-]ccc3c2oc2ccccc23)cc1C(C)C.Cc1cnc(-c2[c-]cccc2)cc1C.[Ir]. The normalized spacial score (nSPS) is 10.8. The van der Waals surface area contributed by atoms with Gasteiger partial charge in [0.05, 0.1) is 5.58 Å². The fraction of sp³-hybridized carbons (Fsp3) is 0.176. The zero-order valence-corrected chi connectivity index (χ0v) is 24.7. The van der Waals surface area contributed by atoms with Gasteiger partial charge in [-0.25, -0.2) is 0 Å². The Balaban J connectivity index is 0.000000193. The molecular weight excluding hydrogens is 645 g/mol. The first kappa shape index (κ1) is 27.4. The van der Waals surface area contributed by atoms with Crippen molar-refractivity contribution >= 4 is 21.9 Å². The van der Waals surface area contributed by atoms with Crippen molar-refractivity contribution in [1.82, 2.24) is 9.97 Å². The third-order valence-corrected chi connectivity index (χ3v) is 6.72. The molecular formula is C34H30IrN2O-2. The van der Waals surface area contributed by atoms with Gasteiger partial charge in [0.2, 0.25) is 0 Å². The van der Waals surface area contributed by atoms with Crippen LogP contribution in [0.15, 0.2) is 89.6 Å². The summed E-state index contributed by atoms with van der Waals surface area (Å²) in [5.74, 6) is 0.464. The van der Waals surface area contributed by atoms with Crippen LogP contribution in [0.4, 0.5) is 0 Å². The van der Waals surface area contributed by atoms with Crippen LogP contribution in [0, 0.1) is 32.9 Å². The standard InChI is InChI=1S/C21H18NO.C13H12N.Ir/c1-13(2)18-11-19(22-12-14(18)3)17-9-6-8-16-15-7-4-5-10-20(15)23-21(16)17;1-10-8-13(14-9-11(10)2)12-6-4-3-5-7-12;/h4-8,10-13H,1-3H3;3-6,8-9H,1-2H3;/q2*-1;. The number of aromatic nitrogens is 2.